The first kappa shape index (κ1) is 20.0. The summed E-state index contributed by atoms with van der Waals surface area (Å²) in [6, 6.07) is 4.16. The Morgan fingerprint density at radius 2 is 1.83 bits per heavy atom. The molecule has 3 aromatic rings. The topological polar surface area (TPSA) is 66.4 Å². The third kappa shape index (κ3) is 3.94. The molecule has 0 spiro atoms. The number of piperazine rings is 1. The van der Waals surface area contributed by atoms with Crippen molar-refractivity contribution in [3.05, 3.63) is 40.8 Å². The van der Waals surface area contributed by atoms with Crippen LogP contribution in [0.2, 0.25) is 0 Å². The van der Waals surface area contributed by atoms with Crippen molar-refractivity contribution < 1.29 is 21.6 Å². The van der Waals surface area contributed by atoms with Crippen LogP contribution in [0.25, 0.3) is 22.0 Å². The zero-order valence-corrected chi connectivity index (χ0v) is 17.0. The van der Waals surface area contributed by atoms with Gasteiger partial charge in [0, 0.05) is 43.3 Å². The van der Waals surface area contributed by atoms with E-state index in [1.807, 2.05) is 21.7 Å². The maximum absolute atomic E-state index is 13.3. The van der Waals surface area contributed by atoms with Crippen molar-refractivity contribution in [3.63, 3.8) is 0 Å². The summed E-state index contributed by atoms with van der Waals surface area (Å²) in [4.78, 5) is 10.3. The van der Waals surface area contributed by atoms with Crippen molar-refractivity contribution in [1.82, 2.24) is 14.3 Å². The molecule has 11 heteroatoms. The van der Waals surface area contributed by atoms with Gasteiger partial charge in [-0.05, 0) is 34.5 Å². The molecular weight excluding hydrogens is 425 g/mol. The van der Waals surface area contributed by atoms with E-state index in [0.29, 0.717) is 42.9 Å². The summed E-state index contributed by atoms with van der Waals surface area (Å²) in [7, 11) is -3.28. The van der Waals surface area contributed by atoms with E-state index >= 15 is 0 Å². The molecule has 4 rings (SSSR count). The molecule has 154 valence electrons. The van der Waals surface area contributed by atoms with Gasteiger partial charge in [0.05, 0.1) is 11.8 Å². The molecule has 0 bridgehead atoms. The zero-order valence-electron chi connectivity index (χ0n) is 15.3. The zero-order chi connectivity index (χ0) is 20.8. The smallest absolute Gasteiger partial charge is 0.353 e. The van der Waals surface area contributed by atoms with E-state index in [9.17, 15) is 21.6 Å². The highest BCUT2D eigenvalue weighted by Crippen LogP contribution is 2.36. The van der Waals surface area contributed by atoms with Gasteiger partial charge in [-0.3, -0.25) is 0 Å². The summed E-state index contributed by atoms with van der Waals surface area (Å²) in [5.41, 5.74) is 0.563. The Balaban J connectivity index is 1.80. The minimum atomic E-state index is -4.55. The summed E-state index contributed by atoms with van der Waals surface area (Å²) in [5, 5.41) is 4.19. The van der Waals surface area contributed by atoms with E-state index in [4.69, 9.17) is 0 Å². The number of halogens is 3. The Kier molecular flexibility index (Phi) is 4.99. The van der Waals surface area contributed by atoms with Gasteiger partial charge in [0.1, 0.15) is 11.5 Å². The number of fused-ring (bicyclic) bond motifs is 1. The van der Waals surface area contributed by atoms with Gasteiger partial charge >= 0.3 is 6.18 Å². The molecule has 4 heterocycles. The molecule has 1 aliphatic heterocycles. The summed E-state index contributed by atoms with van der Waals surface area (Å²) in [6.45, 7) is 1.38. The Morgan fingerprint density at radius 3 is 2.41 bits per heavy atom. The van der Waals surface area contributed by atoms with E-state index < -0.39 is 21.9 Å². The van der Waals surface area contributed by atoms with Gasteiger partial charge in [0.15, 0.2) is 0 Å². The van der Waals surface area contributed by atoms with E-state index in [0.717, 1.165) is 17.9 Å². The minimum absolute atomic E-state index is 0.230. The first-order valence-electron chi connectivity index (χ1n) is 8.74. The van der Waals surface area contributed by atoms with Gasteiger partial charge in [0.2, 0.25) is 10.0 Å². The van der Waals surface area contributed by atoms with Crippen LogP contribution in [0.1, 0.15) is 5.69 Å². The number of pyridine rings is 2. The van der Waals surface area contributed by atoms with Gasteiger partial charge in [0.25, 0.3) is 0 Å². The second-order valence-electron chi connectivity index (χ2n) is 6.75. The highest BCUT2D eigenvalue weighted by atomic mass is 32.2. The standard InChI is InChI=1S/C18H17F3N4O2S2/c1-29(26,27)25-7-5-24(6-8-25)17-13-2-3-15(18(19,20)21)23-16(13)14(10-22-17)12-4-9-28-11-12/h2-4,9-11H,5-8H2,1H3. The lowest BCUT2D eigenvalue weighted by Crippen LogP contribution is -2.48. The average Bonchev–Trinajstić information content (AvgIpc) is 3.20. The number of aromatic nitrogens is 2. The van der Waals surface area contributed by atoms with Crippen LogP contribution in [-0.4, -0.2) is 55.1 Å². The van der Waals surface area contributed by atoms with Gasteiger partial charge in [-0.15, -0.1) is 0 Å². The summed E-state index contributed by atoms with van der Waals surface area (Å²) in [6.07, 6.45) is -1.85. The first-order chi connectivity index (χ1) is 13.6. The monoisotopic (exact) mass is 442 g/mol. The molecule has 1 aliphatic rings. The molecule has 29 heavy (non-hydrogen) atoms. The molecule has 0 aromatic carbocycles. The molecule has 0 amide bonds. The van der Waals surface area contributed by atoms with Crippen LogP contribution in [0, 0.1) is 0 Å². The van der Waals surface area contributed by atoms with Gasteiger partial charge in [-0.2, -0.15) is 28.8 Å². The lowest BCUT2D eigenvalue weighted by Gasteiger charge is -2.34. The molecule has 0 N–H and O–H groups in total. The molecular formula is C18H17F3N4O2S2. The molecule has 0 saturated carbocycles. The molecule has 0 radical (unpaired) electrons. The summed E-state index contributed by atoms with van der Waals surface area (Å²) in [5.74, 6) is 0.508. The minimum Gasteiger partial charge on any atom is -0.353 e. The van der Waals surface area contributed by atoms with E-state index in [2.05, 4.69) is 9.97 Å². The van der Waals surface area contributed by atoms with Gasteiger partial charge in [-0.25, -0.2) is 18.4 Å². The third-order valence-electron chi connectivity index (χ3n) is 4.84. The number of rotatable bonds is 3. The molecule has 3 aromatic heterocycles. The van der Waals surface area contributed by atoms with E-state index in [1.165, 1.54) is 27.9 Å². The fourth-order valence-corrected chi connectivity index (χ4v) is 4.85. The predicted octanol–water partition coefficient (Wildman–Crippen LogP) is 3.46. The Hall–Kier alpha value is -2.24. The molecule has 0 unspecified atom stereocenters. The Labute approximate surface area is 169 Å². The van der Waals surface area contributed by atoms with E-state index in [1.54, 1.807) is 0 Å². The lowest BCUT2D eigenvalue weighted by atomic mass is 10.1. The van der Waals surface area contributed by atoms with E-state index in [-0.39, 0.29) is 5.52 Å². The SMILES string of the molecule is CS(=O)(=O)N1CCN(c2ncc(-c3ccsc3)c3nc(C(F)(F)F)ccc23)CC1. The number of alkyl halides is 3. The quantitative estimate of drug-likeness (QED) is 0.622. The summed E-state index contributed by atoms with van der Waals surface area (Å²) >= 11 is 1.44. The molecule has 1 saturated heterocycles. The fraction of sp³-hybridized carbons (Fsp3) is 0.333. The number of sulfonamides is 1. The van der Waals surface area contributed by atoms with Crippen LogP contribution in [0.15, 0.2) is 35.2 Å². The molecule has 0 atom stereocenters. The lowest BCUT2D eigenvalue weighted by molar-refractivity contribution is -0.140. The molecule has 6 nitrogen and oxygen atoms in total. The number of hydrogen-bond acceptors (Lipinski definition) is 6. The van der Waals surface area contributed by atoms with Crippen molar-refractivity contribution in [1.29, 1.82) is 0 Å². The van der Waals surface area contributed by atoms with Crippen LogP contribution < -0.4 is 4.90 Å². The molecule has 1 fully saturated rings. The Morgan fingerprint density at radius 1 is 1.10 bits per heavy atom. The number of hydrogen-bond donors (Lipinski definition) is 0. The number of anilines is 1. The van der Waals surface area contributed by atoms with Crippen LogP contribution in [0.5, 0.6) is 0 Å². The first-order valence-corrected chi connectivity index (χ1v) is 11.5. The maximum Gasteiger partial charge on any atom is 0.433 e. The Bertz CT molecular complexity index is 1140. The highest BCUT2D eigenvalue weighted by molar-refractivity contribution is 7.88. The number of thiophene rings is 1. The second-order valence-corrected chi connectivity index (χ2v) is 9.51. The van der Waals surface area contributed by atoms with Crippen molar-refractivity contribution >= 4 is 38.1 Å². The molecule has 0 aliphatic carbocycles. The van der Waals surface area contributed by atoms with Gasteiger partial charge in [-0.1, -0.05) is 0 Å². The van der Waals surface area contributed by atoms with Crippen LogP contribution in [0.4, 0.5) is 19.0 Å². The largest absolute Gasteiger partial charge is 0.433 e. The summed E-state index contributed by atoms with van der Waals surface area (Å²) < 4.78 is 64.6. The normalized spacial score (nSPS) is 16.5. The van der Waals surface area contributed by atoms with Gasteiger partial charge < -0.3 is 4.90 Å². The van der Waals surface area contributed by atoms with Crippen molar-refractivity contribution in [2.75, 3.05) is 37.3 Å². The predicted molar refractivity (Wildman–Crippen MR) is 106 cm³/mol. The maximum atomic E-state index is 13.3. The number of nitrogens with zero attached hydrogens (tertiary/aromatic N) is 4. The third-order valence-corrected chi connectivity index (χ3v) is 6.82. The van der Waals surface area contributed by atoms with Crippen molar-refractivity contribution in [3.8, 4) is 11.1 Å². The van der Waals surface area contributed by atoms with Crippen LogP contribution >= 0.6 is 11.3 Å². The van der Waals surface area contributed by atoms with Crippen molar-refractivity contribution in [2.45, 2.75) is 6.18 Å². The fourth-order valence-electron chi connectivity index (χ4n) is 3.37. The van der Waals surface area contributed by atoms with Crippen LogP contribution in [-0.2, 0) is 16.2 Å². The highest BCUT2D eigenvalue weighted by Gasteiger charge is 2.33. The second kappa shape index (κ2) is 7.22. The van der Waals surface area contributed by atoms with Crippen molar-refractivity contribution in [2.24, 2.45) is 0 Å². The average molecular weight is 442 g/mol. The van der Waals surface area contributed by atoms with Crippen LogP contribution in [0.3, 0.4) is 0 Å².